The van der Waals surface area contributed by atoms with Crippen molar-refractivity contribution in [2.75, 3.05) is 5.32 Å². The van der Waals surface area contributed by atoms with Gasteiger partial charge in [-0.05, 0) is 26.0 Å². The highest BCUT2D eigenvalue weighted by Gasteiger charge is 2.21. The molecule has 6 heteroatoms. The number of hydrogen-bond acceptors (Lipinski definition) is 3. The molecule has 0 saturated heterocycles. The van der Waals surface area contributed by atoms with Gasteiger partial charge in [0.1, 0.15) is 18.9 Å². The van der Waals surface area contributed by atoms with Crippen molar-refractivity contribution in [2.45, 2.75) is 25.9 Å². The van der Waals surface area contributed by atoms with Crippen LogP contribution in [0, 0.1) is 10.1 Å². The molecule has 0 fully saturated rings. The minimum absolute atomic E-state index is 0.103. The van der Waals surface area contributed by atoms with Crippen LogP contribution in [0.15, 0.2) is 43.0 Å². The molecule has 106 valence electrons. The van der Waals surface area contributed by atoms with E-state index in [4.69, 9.17) is 0 Å². The number of nitrogens with one attached hydrogen (secondary N) is 1. The predicted molar refractivity (Wildman–Crippen MR) is 76.4 cm³/mol. The van der Waals surface area contributed by atoms with Gasteiger partial charge in [-0.15, -0.1) is 0 Å². The first kappa shape index (κ1) is 14.0. The van der Waals surface area contributed by atoms with Crippen LogP contribution in [0.4, 0.5) is 11.4 Å². The summed E-state index contributed by atoms with van der Waals surface area (Å²) in [6, 6.07) is 6.48. The summed E-state index contributed by atoms with van der Waals surface area (Å²) in [6.45, 7) is 4.98. The molecule has 0 aliphatic rings. The second-order valence-corrected chi connectivity index (χ2v) is 5.56. The molecular weight excluding hydrogens is 256 g/mol. The third-order valence-electron chi connectivity index (χ3n) is 2.96. The van der Waals surface area contributed by atoms with Gasteiger partial charge in [-0.3, -0.25) is 10.1 Å². The molecule has 0 bridgehead atoms. The summed E-state index contributed by atoms with van der Waals surface area (Å²) in [4.78, 5) is 10.2. The van der Waals surface area contributed by atoms with E-state index in [-0.39, 0.29) is 11.2 Å². The second kappa shape index (κ2) is 5.32. The number of benzene rings is 1. The van der Waals surface area contributed by atoms with Crippen LogP contribution in [0.2, 0.25) is 0 Å². The Hall–Kier alpha value is -2.37. The fraction of sp³-hybridized carbons (Fsp3) is 0.357. The molecule has 0 radical (unpaired) electrons. The number of rotatable bonds is 5. The number of aromatic nitrogens is 2. The highest BCUT2D eigenvalue weighted by atomic mass is 16.6. The van der Waals surface area contributed by atoms with Gasteiger partial charge in [-0.2, -0.15) is 0 Å². The maximum absolute atomic E-state index is 10.6. The molecule has 6 nitrogen and oxygen atoms in total. The smallest absolute Gasteiger partial charge is 0.269 e. The summed E-state index contributed by atoms with van der Waals surface area (Å²) < 4.78 is 4.08. The first-order valence-electron chi connectivity index (χ1n) is 6.39. The number of nitrogens with zero attached hydrogens (tertiary/aromatic N) is 3. The Kier molecular flexibility index (Phi) is 3.74. The minimum atomic E-state index is -0.394. The molecule has 1 heterocycles. The van der Waals surface area contributed by atoms with E-state index in [0.29, 0.717) is 0 Å². The largest absolute Gasteiger partial charge is 0.376 e. The number of nitro groups is 1. The lowest BCUT2D eigenvalue weighted by Crippen LogP contribution is -2.36. The lowest BCUT2D eigenvalue weighted by Gasteiger charge is -2.25. The van der Waals surface area contributed by atoms with Gasteiger partial charge in [0.05, 0.1) is 17.5 Å². The standard InChI is InChI=1S/C14H19N4O2/c1-14(2,10-17-9-8-16(3)11-17)15-12-4-6-13(7-5-12)18(19)20/h4-9,11,15H,10H2,1-3H3/q+1. The summed E-state index contributed by atoms with van der Waals surface area (Å²) >= 11 is 0. The molecule has 1 aromatic carbocycles. The SMILES string of the molecule is C[n+]1ccn(CC(C)(C)Nc2ccc([N+](=O)[O-])cc2)c1. The van der Waals surface area contributed by atoms with Gasteiger partial charge in [-0.25, -0.2) is 9.13 Å². The third-order valence-corrected chi connectivity index (χ3v) is 2.96. The molecule has 0 spiro atoms. The first-order chi connectivity index (χ1) is 9.35. The Labute approximate surface area is 117 Å². The van der Waals surface area contributed by atoms with Crippen LogP contribution in [-0.2, 0) is 13.6 Å². The summed E-state index contributed by atoms with van der Waals surface area (Å²) in [5.74, 6) is 0. The normalized spacial score (nSPS) is 11.3. The van der Waals surface area contributed by atoms with Crippen molar-refractivity contribution < 1.29 is 9.49 Å². The molecule has 1 aromatic heterocycles. The Morgan fingerprint density at radius 1 is 1.35 bits per heavy atom. The zero-order chi connectivity index (χ0) is 14.8. The average Bonchev–Trinajstić information content (AvgIpc) is 2.73. The molecular formula is C14H19N4O2+. The lowest BCUT2D eigenvalue weighted by molar-refractivity contribution is -0.671. The van der Waals surface area contributed by atoms with Gasteiger partial charge < -0.3 is 5.32 Å². The Morgan fingerprint density at radius 2 is 2.00 bits per heavy atom. The number of hydrogen-bond donors (Lipinski definition) is 1. The van der Waals surface area contributed by atoms with E-state index in [2.05, 4.69) is 23.7 Å². The van der Waals surface area contributed by atoms with Crippen molar-refractivity contribution in [1.29, 1.82) is 0 Å². The Balaban J connectivity index is 2.05. The lowest BCUT2D eigenvalue weighted by atomic mass is 10.0. The molecule has 0 aliphatic carbocycles. The van der Waals surface area contributed by atoms with Crippen molar-refractivity contribution in [2.24, 2.45) is 7.05 Å². The average molecular weight is 275 g/mol. The van der Waals surface area contributed by atoms with Gasteiger partial charge >= 0.3 is 0 Å². The summed E-state index contributed by atoms with van der Waals surface area (Å²) in [7, 11) is 1.98. The Morgan fingerprint density at radius 3 is 2.50 bits per heavy atom. The van der Waals surface area contributed by atoms with E-state index in [0.717, 1.165) is 12.2 Å². The number of non-ortho nitro benzene ring substituents is 1. The summed E-state index contributed by atoms with van der Waals surface area (Å²) in [5, 5.41) is 14.0. The van der Waals surface area contributed by atoms with Gasteiger partial charge in [-0.1, -0.05) is 0 Å². The van der Waals surface area contributed by atoms with E-state index < -0.39 is 4.92 Å². The second-order valence-electron chi connectivity index (χ2n) is 5.56. The molecule has 0 amide bonds. The van der Waals surface area contributed by atoms with Crippen molar-refractivity contribution in [3.8, 4) is 0 Å². The molecule has 0 unspecified atom stereocenters. The zero-order valence-corrected chi connectivity index (χ0v) is 11.9. The quantitative estimate of drug-likeness (QED) is 0.516. The van der Waals surface area contributed by atoms with Crippen molar-refractivity contribution in [3.05, 3.63) is 53.1 Å². The molecule has 2 aromatic rings. The third kappa shape index (κ3) is 3.57. The van der Waals surface area contributed by atoms with Crippen LogP contribution in [0.5, 0.6) is 0 Å². The number of anilines is 1. The van der Waals surface area contributed by atoms with Crippen LogP contribution in [0.3, 0.4) is 0 Å². The van der Waals surface area contributed by atoms with Crippen LogP contribution in [0.25, 0.3) is 0 Å². The highest BCUT2D eigenvalue weighted by molar-refractivity contribution is 5.49. The summed E-state index contributed by atoms with van der Waals surface area (Å²) in [6.07, 6.45) is 6.01. The topological polar surface area (TPSA) is 64.0 Å². The number of imidazole rings is 1. The fourth-order valence-corrected chi connectivity index (χ4v) is 2.15. The number of aryl methyl sites for hydroxylation is 1. The maximum Gasteiger partial charge on any atom is 0.269 e. The molecule has 0 aliphatic heterocycles. The van der Waals surface area contributed by atoms with E-state index in [1.54, 1.807) is 12.1 Å². The highest BCUT2D eigenvalue weighted by Crippen LogP contribution is 2.20. The van der Waals surface area contributed by atoms with E-state index in [1.165, 1.54) is 12.1 Å². The van der Waals surface area contributed by atoms with Crippen LogP contribution in [-0.4, -0.2) is 15.0 Å². The van der Waals surface area contributed by atoms with Gasteiger partial charge in [0.2, 0.25) is 6.33 Å². The monoisotopic (exact) mass is 275 g/mol. The van der Waals surface area contributed by atoms with E-state index in [1.807, 2.05) is 30.3 Å². The molecule has 2 rings (SSSR count). The molecule has 0 saturated carbocycles. The first-order valence-corrected chi connectivity index (χ1v) is 6.39. The minimum Gasteiger partial charge on any atom is -0.376 e. The van der Waals surface area contributed by atoms with Crippen LogP contribution >= 0.6 is 0 Å². The predicted octanol–water partition coefficient (Wildman–Crippen LogP) is 2.11. The molecule has 20 heavy (non-hydrogen) atoms. The number of nitro benzene ring substituents is 1. The van der Waals surface area contributed by atoms with Crippen LogP contribution < -0.4 is 9.88 Å². The van der Waals surface area contributed by atoms with Crippen molar-refractivity contribution in [3.63, 3.8) is 0 Å². The molecule has 0 atom stereocenters. The maximum atomic E-state index is 10.6. The summed E-state index contributed by atoms with van der Waals surface area (Å²) in [5.41, 5.74) is 0.810. The Bertz CT molecular complexity index is 602. The van der Waals surface area contributed by atoms with E-state index >= 15 is 0 Å². The van der Waals surface area contributed by atoms with Gasteiger partial charge in [0, 0.05) is 17.8 Å². The van der Waals surface area contributed by atoms with Gasteiger partial charge in [0.15, 0.2) is 0 Å². The van der Waals surface area contributed by atoms with Crippen LogP contribution in [0.1, 0.15) is 13.8 Å². The zero-order valence-electron chi connectivity index (χ0n) is 11.9. The van der Waals surface area contributed by atoms with Crippen molar-refractivity contribution in [1.82, 2.24) is 4.57 Å². The van der Waals surface area contributed by atoms with E-state index in [9.17, 15) is 10.1 Å². The van der Waals surface area contributed by atoms with Crippen molar-refractivity contribution >= 4 is 11.4 Å². The molecule has 1 N–H and O–H groups in total. The van der Waals surface area contributed by atoms with Gasteiger partial charge in [0.25, 0.3) is 5.69 Å². The fourth-order valence-electron chi connectivity index (χ4n) is 2.15.